The van der Waals surface area contributed by atoms with Crippen molar-refractivity contribution < 1.29 is 23.9 Å². The van der Waals surface area contributed by atoms with E-state index in [0.717, 1.165) is 9.13 Å². The van der Waals surface area contributed by atoms with Crippen LogP contribution in [-0.2, 0) is 20.9 Å². The van der Waals surface area contributed by atoms with Crippen LogP contribution in [0.3, 0.4) is 0 Å². The van der Waals surface area contributed by atoms with Crippen LogP contribution in [0.2, 0.25) is 0 Å². The van der Waals surface area contributed by atoms with Gasteiger partial charge in [-0.25, -0.2) is 9.59 Å². The zero-order chi connectivity index (χ0) is 19.9. The Morgan fingerprint density at radius 2 is 1.71 bits per heavy atom. The number of rotatable bonds is 6. The summed E-state index contributed by atoms with van der Waals surface area (Å²) in [6.07, 6.45) is 0.634. The number of hydrogen-bond acceptors (Lipinski definition) is 5. The van der Waals surface area contributed by atoms with Crippen LogP contribution in [0.1, 0.15) is 28.8 Å². The lowest BCUT2D eigenvalue weighted by atomic mass is 10.1. The first-order valence-electron chi connectivity index (χ1n) is 8.97. The van der Waals surface area contributed by atoms with Crippen LogP contribution in [-0.4, -0.2) is 41.9 Å². The summed E-state index contributed by atoms with van der Waals surface area (Å²) in [6.45, 7) is 0.227. The molecule has 3 rings (SSSR count). The molecule has 1 aliphatic rings. The quantitative estimate of drug-likeness (QED) is 0.348. The minimum Gasteiger partial charge on any atom is -0.456 e. The number of halogens is 1. The van der Waals surface area contributed by atoms with E-state index in [0.29, 0.717) is 24.9 Å². The first-order chi connectivity index (χ1) is 13.5. The van der Waals surface area contributed by atoms with E-state index in [2.05, 4.69) is 22.6 Å². The van der Waals surface area contributed by atoms with Gasteiger partial charge in [0.15, 0.2) is 12.4 Å². The van der Waals surface area contributed by atoms with Crippen molar-refractivity contribution in [2.45, 2.75) is 25.5 Å². The maximum absolute atomic E-state index is 12.4. The summed E-state index contributed by atoms with van der Waals surface area (Å²) in [7, 11) is 0. The van der Waals surface area contributed by atoms with Crippen molar-refractivity contribution in [1.82, 2.24) is 4.90 Å². The van der Waals surface area contributed by atoms with Gasteiger partial charge in [-0.2, -0.15) is 0 Å². The number of hydrogen-bond donors (Lipinski definition) is 0. The molecular weight excluding hydrogens is 473 g/mol. The molecule has 0 radical (unpaired) electrons. The molecule has 1 aliphatic heterocycles. The molecule has 0 N–H and O–H groups in total. The van der Waals surface area contributed by atoms with Crippen LogP contribution >= 0.6 is 22.6 Å². The Morgan fingerprint density at radius 3 is 2.43 bits per heavy atom. The molecule has 1 amide bonds. The summed E-state index contributed by atoms with van der Waals surface area (Å²) in [5.41, 5.74) is 1.36. The highest BCUT2D eigenvalue weighted by Crippen LogP contribution is 2.20. The van der Waals surface area contributed by atoms with Crippen LogP contribution in [0.15, 0.2) is 54.6 Å². The van der Waals surface area contributed by atoms with Crippen molar-refractivity contribution in [1.29, 1.82) is 0 Å². The molecule has 2 aromatic rings. The fourth-order valence-corrected chi connectivity index (χ4v) is 3.34. The van der Waals surface area contributed by atoms with Gasteiger partial charge in [-0.15, -0.1) is 0 Å². The van der Waals surface area contributed by atoms with Gasteiger partial charge in [0.05, 0.1) is 0 Å². The SMILES string of the molecule is O=C(COC(=O)[C@@H]1CCCN1C(=O)OCc1ccccc1)c1ccc(I)cc1. The lowest BCUT2D eigenvalue weighted by Crippen LogP contribution is -2.42. The van der Waals surface area contributed by atoms with E-state index in [1.165, 1.54) is 4.90 Å². The molecule has 0 bridgehead atoms. The van der Waals surface area contributed by atoms with E-state index in [-0.39, 0.29) is 19.0 Å². The number of ether oxygens (including phenoxy) is 2. The minimum atomic E-state index is -0.715. The lowest BCUT2D eigenvalue weighted by molar-refractivity contribution is -0.147. The molecule has 146 valence electrons. The fraction of sp³-hybridized carbons (Fsp3) is 0.286. The summed E-state index contributed by atoms with van der Waals surface area (Å²) in [5, 5.41) is 0. The van der Waals surface area contributed by atoms with Gasteiger partial charge < -0.3 is 9.47 Å². The zero-order valence-corrected chi connectivity index (χ0v) is 17.3. The smallest absolute Gasteiger partial charge is 0.410 e. The van der Waals surface area contributed by atoms with Gasteiger partial charge in [0.2, 0.25) is 0 Å². The highest BCUT2D eigenvalue weighted by atomic mass is 127. The summed E-state index contributed by atoms with van der Waals surface area (Å²) >= 11 is 2.15. The normalized spacial score (nSPS) is 15.9. The zero-order valence-electron chi connectivity index (χ0n) is 15.2. The molecule has 0 spiro atoms. The van der Waals surface area contributed by atoms with E-state index in [1.54, 1.807) is 12.1 Å². The molecular formula is C21H20INO5. The average Bonchev–Trinajstić information content (AvgIpc) is 3.21. The second-order valence-electron chi connectivity index (χ2n) is 6.43. The number of nitrogens with zero attached hydrogens (tertiary/aromatic N) is 1. The molecule has 0 aliphatic carbocycles. The van der Waals surface area contributed by atoms with Gasteiger partial charge in [0, 0.05) is 15.7 Å². The number of Topliss-reactive ketones (excluding diaryl/α,β-unsaturated/α-hetero) is 1. The Balaban J connectivity index is 1.51. The molecule has 6 nitrogen and oxygen atoms in total. The Bertz CT molecular complexity index is 838. The maximum atomic E-state index is 12.4. The van der Waals surface area contributed by atoms with Gasteiger partial charge in [0.25, 0.3) is 0 Å². The molecule has 28 heavy (non-hydrogen) atoms. The van der Waals surface area contributed by atoms with Crippen LogP contribution in [0, 0.1) is 3.57 Å². The third kappa shape index (κ3) is 5.31. The largest absolute Gasteiger partial charge is 0.456 e. The predicted octanol–water partition coefficient (Wildman–Crippen LogP) is 3.82. The van der Waals surface area contributed by atoms with Crippen molar-refractivity contribution in [3.05, 3.63) is 69.3 Å². The summed E-state index contributed by atoms with van der Waals surface area (Å²) in [4.78, 5) is 38.3. The van der Waals surface area contributed by atoms with Crippen LogP contribution in [0.25, 0.3) is 0 Å². The summed E-state index contributed by atoms with van der Waals surface area (Å²) < 4.78 is 11.5. The van der Waals surface area contributed by atoms with Gasteiger partial charge >= 0.3 is 12.1 Å². The van der Waals surface area contributed by atoms with Gasteiger partial charge in [-0.3, -0.25) is 9.69 Å². The van der Waals surface area contributed by atoms with Crippen molar-refractivity contribution in [3.8, 4) is 0 Å². The van der Waals surface area contributed by atoms with E-state index in [9.17, 15) is 14.4 Å². The Morgan fingerprint density at radius 1 is 1.00 bits per heavy atom. The second kappa shape index (κ2) is 9.68. The topological polar surface area (TPSA) is 72.9 Å². The van der Waals surface area contributed by atoms with Crippen molar-refractivity contribution in [3.63, 3.8) is 0 Å². The van der Waals surface area contributed by atoms with E-state index in [1.807, 2.05) is 42.5 Å². The first-order valence-corrected chi connectivity index (χ1v) is 10.0. The molecule has 1 heterocycles. The maximum Gasteiger partial charge on any atom is 0.410 e. The third-order valence-electron chi connectivity index (χ3n) is 4.48. The molecule has 0 saturated carbocycles. The number of likely N-dealkylation sites (tertiary alicyclic amines) is 1. The van der Waals surface area contributed by atoms with Crippen LogP contribution < -0.4 is 0 Å². The van der Waals surface area contributed by atoms with Crippen molar-refractivity contribution in [2.24, 2.45) is 0 Å². The summed E-state index contributed by atoms with van der Waals surface area (Å²) in [6, 6.07) is 15.6. The molecule has 1 fully saturated rings. The van der Waals surface area contributed by atoms with Crippen molar-refractivity contribution >= 4 is 40.4 Å². The highest BCUT2D eigenvalue weighted by Gasteiger charge is 2.36. The number of esters is 1. The number of amides is 1. The molecule has 1 saturated heterocycles. The first kappa shape index (κ1) is 20.3. The third-order valence-corrected chi connectivity index (χ3v) is 5.20. The molecule has 1 atom stereocenters. The van der Waals surface area contributed by atoms with Gasteiger partial charge in [-0.1, -0.05) is 42.5 Å². The Hall–Kier alpha value is -2.42. The molecule has 0 aromatic heterocycles. The van der Waals surface area contributed by atoms with Crippen LogP contribution in [0.4, 0.5) is 4.79 Å². The van der Waals surface area contributed by atoms with Crippen LogP contribution in [0.5, 0.6) is 0 Å². The Kier molecular flexibility index (Phi) is 7.02. The second-order valence-corrected chi connectivity index (χ2v) is 7.68. The van der Waals surface area contributed by atoms with E-state index < -0.39 is 18.1 Å². The fourth-order valence-electron chi connectivity index (χ4n) is 2.98. The molecule has 2 aromatic carbocycles. The number of carbonyl (C=O) groups is 3. The minimum absolute atomic E-state index is 0.142. The van der Waals surface area contributed by atoms with Crippen molar-refractivity contribution in [2.75, 3.05) is 13.2 Å². The monoisotopic (exact) mass is 493 g/mol. The van der Waals surface area contributed by atoms with E-state index >= 15 is 0 Å². The average molecular weight is 493 g/mol. The van der Waals surface area contributed by atoms with Gasteiger partial charge in [0.1, 0.15) is 12.6 Å². The number of benzene rings is 2. The van der Waals surface area contributed by atoms with E-state index in [4.69, 9.17) is 9.47 Å². The predicted molar refractivity (Wildman–Crippen MR) is 111 cm³/mol. The number of carbonyl (C=O) groups excluding carboxylic acids is 3. The lowest BCUT2D eigenvalue weighted by Gasteiger charge is -2.22. The summed E-state index contributed by atoms with van der Waals surface area (Å²) in [5.74, 6) is -0.853. The Labute approximate surface area is 177 Å². The molecule has 0 unspecified atom stereocenters. The molecule has 7 heteroatoms. The standard InChI is InChI=1S/C21H20INO5/c22-17-10-8-16(9-11-17)19(24)14-27-20(25)18-7-4-12-23(18)21(26)28-13-15-5-2-1-3-6-15/h1-3,5-6,8-11,18H,4,7,12-14H2/t18-/m0/s1. The highest BCUT2D eigenvalue weighted by molar-refractivity contribution is 14.1. The number of ketones is 1. The van der Waals surface area contributed by atoms with Gasteiger partial charge in [-0.05, 0) is 53.1 Å².